The number of imide groups is 1. The predicted octanol–water partition coefficient (Wildman–Crippen LogP) is 1.26. The highest BCUT2D eigenvalue weighted by molar-refractivity contribution is 6.23. The Hall–Kier alpha value is -3.12. The van der Waals surface area contributed by atoms with Gasteiger partial charge >= 0.3 is 0 Å². The molecule has 92 valence electrons. The van der Waals surface area contributed by atoms with Gasteiger partial charge in [0.15, 0.2) is 0 Å². The molecule has 0 atom stereocenters. The minimum absolute atomic E-state index is 0.122. The average Bonchev–Trinajstić information content (AvgIpc) is 2.66. The van der Waals surface area contributed by atoms with Gasteiger partial charge < -0.3 is 5.32 Å². The molecule has 0 spiro atoms. The lowest BCUT2D eigenvalue weighted by Crippen LogP contribution is -2.24. The molecule has 1 aromatic rings. The zero-order chi connectivity index (χ0) is 14.0. The van der Waals surface area contributed by atoms with Crippen LogP contribution in [0.25, 0.3) is 0 Å². The van der Waals surface area contributed by atoms with Crippen LogP contribution in [0.3, 0.4) is 0 Å². The van der Waals surface area contributed by atoms with E-state index in [2.05, 4.69) is 5.32 Å². The summed E-state index contributed by atoms with van der Waals surface area (Å²) in [6.45, 7) is 0. The third-order valence-electron chi connectivity index (χ3n) is 2.73. The molecule has 0 aromatic heterocycles. The van der Waals surface area contributed by atoms with E-state index in [0.29, 0.717) is 11.3 Å². The number of nitriles is 2. The van der Waals surface area contributed by atoms with E-state index in [-0.39, 0.29) is 17.0 Å². The van der Waals surface area contributed by atoms with Gasteiger partial charge in [0.25, 0.3) is 11.8 Å². The number of hydrogen-bond acceptors (Lipinski definition) is 5. The molecule has 0 unspecified atom stereocenters. The normalized spacial score (nSPS) is 12.5. The molecule has 0 aliphatic carbocycles. The van der Waals surface area contributed by atoms with Crippen molar-refractivity contribution in [2.45, 2.75) is 0 Å². The van der Waals surface area contributed by atoms with Crippen LogP contribution in [0.1, 0.15) is 20.7 Å². The van der Waals surface area contributed by atoms with E-state index in [9.17, 15) is 9.59 Å². The molecule has 6 nitrogen and oxygen atoms in total. The van der Waals surface area contributed by atoms with Crippen molar-refractivity contribution in [3.05, 3.63) is 41.1 Å². The average molecular weight is 252 g/mol. The zero-order valence-electron chi connectivity index (χ0n) is 9.97. The Balaban J connectivity index is 2.45. The molecule has 1 heterocycles. The highest BCUT2D eigenvalue weighted by atomic mass is 16.2. The number of rotatable bonds is 2. The monoisotopic (exact) mass is 252 g/mol. The second-order valence-electron chi connectivity index (χ2n) is 3.82. The van der Waals surface area contributed by atoms with Gasteiger partial charge in [-0.3, -0.25) is 14.5 Å². The van der Waals surface area contributed by atoms with Gasteiger partial charge in [0.2, 0.25) is 0 Å². The summed E-state index contributed by atoms with van der Waals surface area (Å²) in [5.74, 6) is -0.777. The van der Waals surface area contributed by atoms with Crippen LogP contribution >= 0.6 is 0 Å². The van der Waals surface area contributed by atoms with Crippen molar-refractivity contribution in [2.75, 3.05) is 12.4 Å². The summed E-state index contributed by atoms with van der Waals surface area (Å²) in [7, 11) is 1.40. The summed E-state index contributed by atoms with van der Waals surface area (Å²) >= 11 is 0. The molecule has 1 aromatic carbocycles. The van der Waals surface area contributed by atoms with Gasteiger partial charge in [0.05, 0.1) is 16.8 Å². The van der Waals surface area contributed by atoms with Gasteiger partial charge in [-0.15, -0.1) is 0 Å². The summed E-state index contributed by atoms with van der Waals surface area (Å²) in [5.41, 5.74) is 0.828. The van der Waals surface area contributed by atoms with E-state index < -0.39 is 5.91 Å². The third kappa shape index (κ3) is 1.92. The fourth-order valence-corrected chi connectivity index (χ4v) is 1.76. The first-order valence-corrected chi connectivity index (χ1v) is 5.32. The maximum absolute atomic E-state index is 11.9. The van der Waals surface area contributed by atoms with Crippen molar-refractivity contribution in [1.29, 1.82) is 10.5 Å². The van der Waals surface area contributed by atoms with Gasteiger partial charge in [-0.2, -0.15) is 10.5 Å². The molecule has 0 bridgehead atoms. The molecule has 1 aliphatic heterocycles. The van der Waals surface area contributed by atoms with Gasteiger partial charge in [-0.05, 0) is 12.1 Å². The second-order valence-corrected chi connectivity index (χ2v) is 3.82. The van der Waals surface area contributed by atoms with E-state index in [1.807, 2.05) is 0 Å². The number of hydrogen-bond donors (Lipinski definition) is 1. The van der Waals surface area contributed by atoms with Crippen LogP contribution in [0.4, 0.5) is 5.69 Å². The summed E-state index contributed by atoms with van der Waals surface area (Å²) in [5, 5.41) is 20.0. The minimum atomic E-state index is -0.410. The highest BCUT2D eigenvalue weighted by Gasteiger charge is 2.34. The molecular formula is C13H8N4O2. The Morgan fingerprint density at radius 3 is 2.58 bits per heavy atom. The van der Waals surface area contributed by atoms with Crippen LogP contribution < -0.4 is 5.32 Å². The molecule has 2 amide bonds. The smallest absolute Gasteiger partial charge is 0.263 e. The summed E-state index contributed by atoms with van der Waals surface area (Å²) in [6, 6.07) is 8.17. The van der Waals surface area contributed by atoms with E-state index in [0.717, 1.165) is 4.90 Å². The number of carbonyl (C=O) groups is 2. The Labute approximate surface area is 109 Å². The lowest BCUT2D eigenvalue weighted by atomic mass is 10.1. The predicted molar refractivity (Wildman–Crippen MR) is 65.8 cm³/mol. The Morgan fingerprint density at radius 2 is 1.95 bits per heavy atom. The maximum Gasteiger partial charge on any atom is 0.263 e. The summed E-state index contributed by atoms with van der Waals surface area (Å²) in [4.78, 5) is 24.7. The topological polar surface area (TPSA) is 97.0 Å². The standard InChI is InChI=1S/C13H8N4O2/c1-17-12(18)9-3-2-4-10(11(9)13(17)19)16-7-8(5-14)6-15/h2-4,7,16H,1H3. The van der Waals surface area contributed by atoms with Gasteiger partial charge in [0, 0.05) is 13.2 Å². The number of carbonyl (C=O) groups excluding carboxylic acids is 2. The number of fused-ring (bicyclic) bond motifs is 1. The van der Waals surface area contributed by atoms with Crippen molar-refractivity contribution < 1.29 is 9.59 Å². The summed E-state index contributed by atoms with van der Waals surface area (Å²) < 4.78 is 0. The van der Waals surface area contributed by atoms with Gasteiger partial charge in [-0.25, -0.2) is 0 Å². The van der Waals surface area contributed by atoms with Gasteiger partial charge in [0.1, 0.15) is 17.7 Å². The number of benzene rings is 1. The number of anilines is 1. The molecule has 0 saturated heterocycles. The first-order valence-electron chi connectivity index (χ1n) is 5.32. The lowest BCUT2D eigenvalue weighted by Gasteiger charge is -2.06. The molecule has 0 radical (unpaired) electrons. The fraction of sp³-hybridized carbons (Fsp3) is 0.0769. The molecule has 0 saturated carbocycles. The molecule has 19 heavy (non-hydrogen) atoms. The molecule has 0 fully saturated rings. The van der Waals surface area contributed by atoms with Crippen LogP contribution in [0.5, 0.6) is 0 Å². The molecule has 1 N–H and O–H groups in total. The van der Waals surface area contributed by atoms with Crippen molar-refractivity contribution in [3.8, 4) is 12.1 Å². The maximum atomic E-state index is 11.9. The lowest BCUT2D eigenvalue weighted by molar-refractivity contribution is 0.0693. The number of amides is 2. The molecule has 6 heteroatoms. The second kappa shape index (κ2) is 4.63. The Bertz CT molecular complexity index is 676. The molecular weight excluding hydrogens is 244 g/mol. The third-order valence-corrected chi connectivity index (χ3v) is 2.73. The minimum Gasteiger partial charge on any atom is -0.359 e. The van der Waals surface area contributed by atoms with Crippen LogP contribution in [-0.2, 0) is 0 Å². The van der Waals surface area contributed by atoms with Crippen LogP contribution in [0, 0.1) is 22.7 Å². The van der Waals surface area contributed by atoms with E-state index in [1.165, 1.54) is 13.2 Å². The van der Waals surface area contributed by atoms with Crippen molar-refractivity contribution in [2.24, 2.45) is 0 Å². The number of allylic oxidation sites excluding steroid dienone is 1. The molecule has 1 aliphatic rings. The van der Waals surface area contributed by atoms with Crippen LogP contribution in [-0.4, -0.2) is 23.8 Å². The Morgan fingerprint density at radius 1 is 1.26 bits per heavy atom. The van der Waals surface area contributed by atoms with Crippen molar-refractivity contribution in [3.63, 3.8) is 0 Å². The number of nitrogens with one attached hydrogen (secondary N) is 1. The quantitative estimate of drug-likeness (QED) is 0.631. The number of nitrogens with zero attached hydrogens (tertiary/aromatic N) is 3. The summed E-state index contributed by atoms with van der Waals surface area (Å²) in [6.07, 6.45) is 1.20. The largest absolute Gasteiger partial charge is 0.359 e. The van der Waals surface area contributed by atoms with Gasteiger partial charge in [-0.1, -0.05) is 6.07 Å². The first kappa shape index (κ1) is 12.3. The van der Waals surface area contributed by atoms with E-state index in [1.54, 1.807) is 30.3 Å². The SMILES string of the molecule is CN1C(=O)c2cccc(NC=C(C#N)C#N)c2C1=O. The van der Waals surface area contributed by atoms with E-state index in [4.69, 9.17) is 10.5 Å². The van der Waals surface area contributed by atoms with Crippen molar-refractivity contribution >= 4 is 17.5 Å². The molecule has 2 rings (SSSR count). The van der Waals surface area contributed by atoms with Crippen LogP contribution in [0.15, 0.2) is 30.0 Å². The van der Waals surface area contributed by atoms with Crippen molar-refractivity contribution in [1.82, 2.24) is 4.90 Å². The highest BCUT2D eigenvalue weighted by Crippen LogP contribution is 2.28. The fourth-order valence-electron chi connectivity index (χ4n) is 1.76. The van der Waals surface area contributed by atoms with Crippen LogP contribution in [0.2, 0.25) is 0 Å². The first-order chi connectivity index (χ1) is 9.10. The van der Waals surface area contributed by atoms with E-state index >= 15 is 0 Å². The zero-order valence-corrected chi connectivity index (χ0v) is 9.97. The Kier molecular flexibility index (Phi) is 3.01.